The second-order valence-corrected chi connectivity index (χ2v) is 12.9. The SMILES string of the molecule is CCOC(=O)CC(C(=O)NC)[C@@]1(O[SiH](C)C)C[C@H](C(C)(C)C)CN1C(=O)OCc1ccc([N+](=O)[O-])cc1. The van der Waals surface area contributed by atoms with Crippen LogP contribution in [-0.2, 0) is 30.1 Å². The first-order valence-electron chi connectivity index (χ1n) is 12.5. The normalized spacial score (nSPS) is 20.4. The predicted molar refractivity (Wildman–Crippen MR) is 139 cm³/mol. The van der Waals surface area contributed by atoms with Crippen LogP contribution >= 0.6 is 0 Å². The summed E-state index contributed by atoms with van der Waals surface area (Å²) in [5.41, 5.74) is -1.11. The molecule has 1 aliphatic heterocycles. The summed E-state index contributed by atoms with van der Waals surface area (Å²) < 4.78 is 17.3. The molecule has 0 spiro atoms. The van der Waals surface area contributed by atoms with Crippen LogP contribution in [0.25, 0.3) is 0 Å². The summed E-state index contributed by atoms with van der Waals surface area (Å²) in [7, 11) is -0.381. The fourth-order valence-corrected chi connectivity index (χ4v) is 5.80. The molecular weight excluding hydrogens is 498 g/mol. The molecule has 1 heterocycles. The number of rotatable bonds is 10. The number of nitrogens with zero attached hydrogens (tertiary/aromatic N) is 2. The van der Waals surface area contributed by atoms with Crippen LogP contribution in [0.1, 0.15) is 46.1 Å². The lowest BCUT2D eigenvalue weighted by Gasteiger charge is -2.44. The zero-order valence-electron chi connectivity index (χ0n) is 22.7. The van der Waals surface area contributed by atoms with E-state index in [4.69, 9.17) is 13.9 Å². The molecule has 3 atom stereocenters. The van der Waals surface area contributed by atoms with Gasteiger partial charge >= 0.3 is 12.1 Å². The van der Waals surface area contributed by atoms with Gasteiger partial charge in [-0.25, -0.2) is 4.79 Å². The first-order valence-corrected chi connectivity index (χ1v) is 15.3. The van der Waals surface area contributed by atoms with Crippen LogP contribution in [0.3, 0.4) is 0 Å². The maximum Gasteiger partial charge on any atom is 0.412 e. The lowest BCUT2D eigenvalue weighted by atomic mass is 9.76. The molecule has 1 N–H and O–H groups in total. The number of non-ortho nitro benzene ring substituents is 1. The van der Waals surface area contributed by atoms with Gasteiger partial charge < -0.3 is 19.2 Å². The molecule has 2 amide bonds. The van der Waals surface area contributed by atoms with Crippen molar-refractivity contribution in [3.63, 3.8) is 0 Å². The number of carbonyl (C=O) groups excluding carboxylic acids is 3. The molecule has 37 heavy (non-hydrogen) atoms. The fourth-order valence-electron chi connectivity index (χ4n) is 4.60. The molecule has 12 heteroatoms. The van der Waals surface area contributed by atoms with Gasteiger partial charge in [-0.15, -0.1) is 0 Å². The van der Waals surface area contributed by atoms with Crippen molar-refractivity contribution in [2.24, 2.45) is 17.3 Å². The highest BCUT2D eigenvalue weighted by Crippen LogP contribution is 2.48. The molecule has 0 radical (unpaired) electrons. The molecule has 1 aromatic rings. The molecule has 1 unspecified atom stereocenters. The van der Waals surface area contributed by atoms with Crippen LogP contribution in [0.5, 0.6) is 0 Å². The van der Waals surface area contributed by atoms with Crippen LogP contribution in [0.4, 0.5) is 10.5 Å². The van der Waals surface area contributed by atoms with Crippen LogP contribution in [0.15, 0.2) is 24.3 Å². The lowest BCUT2D eigenvalue weighted by Crippen LogP contribution is -2.60. The average Bonchev–Trinajstić information content (AvgIpc) is 3.21. The Labute approximate surface area is 219 Å². The Morgan fingerprint density at radius 3 is 2.32 bits per heavy atom. The van der Waals surface area contributed by atoms with Gasteiger partial charge in [-0.3, -0.25) is 24.6 Å². The Hall–Kier alpha value is -2.99. The van der Waals surface area contributed by atoms with Crippen molar-refractivity contribution in [3.8, 4) is 0 Å². The van der Waals surface area contributed by atoms with Crippen molar-refractivity contribution in [2.75, 3.05) is 20.2 Å². The summed E-state index contributed by atoms with van der Waals surface area (Å²) in [6.45, 7) is 12.1. The predicted octanol–water partition coefficient (Wildman–Crippen LogP) is 3.61. The van der Waals surface area contributed by atoms with Gasteiger partial charge in [0.1, 0.15) is 12.3 Å². The molecule has 1 aliphatic rings. The number of benzene rings is 1. The topological polar surface area (TPSA) is 137 Å². The van der Waals surface area contributed by atoms with Crippen molar-refractivity contribution >= 4 is 32.7 Å². The van der Waals surface area contributed by atoms with Crippen LogP contribution in [-0.4, -0.2) is 62.8 Å². The number of nitro benzene ring substituents is 1. The van der Waals surface area contributed by atoms with Crippen LogP contribution in [0, 0.1) is 27.4 Å². The van der Waals surface area contributed by atoms with E-state index >= 15 is 0 Å². The Morgan fingerprint density at radius 1 is 1.22 bits per heavy atom. The van der Waals surface area contributed by atoms with Crippen molar-refractivity contribution in [1.29, 1.82) is 0 Å². The zero-order valence-corrected chi connectivity index (χ0v) is 23.9. The maximum atomic E-state index is 13.6. The van der Waals surface area contributed by atoms with Crippen molar-refractivity contribution in [3.05, 3.63) is 39.9 Å². The third-order valence-electron chi connectivity index (χ3n) is 6.58. The second kappa shape index (κ2) is 12.5. The Balaban J connectivity index is 2.47. The third-order valence-corrected chi connectivity index (χ3v) is 7.46. The molecule has 0 aliphatic carbocycles. The highest BCUT2D eigenvalue weighted by molar-refractivity contribution is 6.48. The fraction of sp³-hybridized carbons (Fsp3) is 0.640. The number of ether oxygens (including phenoxy) is 2. The molecule has 0 bridgehead atoms. The van der Waals surface area contributed by atoms with E-state index in [0.29, 0.717) is 12.0 Å². The van der Waals surface area contributed by atoms with Gasteiger partial charge in [-0.05, 0) is 49.0 Å². The molecule has 1 aromatic carbocycles. The Morgan fingerprint density at radius 2 is 1.84 bits per heavy atom. The van der Waals surface area contributed by atoms with E-state index in [1.54, 1.807) is 6.92 Å². The number of esters is 1. The first kappa shape index (κ1) is 30.2. The van der Waals surface area contributed by atoms with E-state index in [2.05, 4.69) is 26.1 Å². The number of hydrogen-bond donors (Lipinski definition) is 1. The molecule has 206 valence electrons. The van der Waals surface area contributed by atoms with Gasteiger partial charge in [0.25, 0.3) is 5.69 Å². The van der Waals surface area contributed by atoms with Gasteiger partial charge in [0.2, 0.25) is 5.91 Å². The third kappa shape index (κ3) is 7.51. The minimum Gasteiger partial charge on any atom is -0.466 e. The molecule has 11 nitrogen and oxygen atoms in total. The number of hydrogen-bond acceptors (Lipinski definition) is 8. The second-order valence-electron chi connectivity index (χ2n) is 10.5. The molecular formula is C25H39N3O8Si. The number of nitrogens with one attached hydrogen (secondary N) is 1. The summed E-state index contributed by atoms with van der Waals surface area (Å²) in [6, 6.07) is 5.72. The summed E-state index contributed by atoms with van der Waals surface area (Å²) in [5.74, 6) is -2.03. The summed E-state index contributed by atoms with van der Waals surface area (Å²) in [5, 5.41) is 13.5. The highest BCUT2D eigenvalue weighted by atomic mass is 28.3. The van der Waals surface area contributed by atoms with Gasteiger partial charge in [-0.1, -0.05) is 20.8 Å². The number of likely N-dealkylation sites (tertiary alicyclic amines) is 1. The van der Waals surface area contributed by atoms with Crippen molar-refractivity contribution < 1.29 is 33.2 Å². The van der Waals surface area contributed by atoms with Gasteiger partial charge in [-0.2, -0.15) is 0 Å². The maximum absolute atomic E-state index is 13.6. The van der Waals surface area contributed by atoms with Crippen molar-refractivity contribution in [2.45, 2.75) is 66.0 Å². The number of amides is 2. The number of carbonyl (C=O) groups is 3. The number of nitro groups is 1. The smallest absolute Gasteiger partial charge is 0.412 e. The minimum atomic E-state index is -1.86. The highest BCUT2D eigenvalue weighted by Gasteiger charge is 2.59. The Kier molecular flexibility index (Phi) is 10.2. The summed E-state index contributed by atoms with van der Waals surface area (Å²) >= 11 is 0. The summed E-state index contributed by atoms with van der Waals surface area (Å²) in [6.07, 6.45) is -0.582. The van der Waals surface area contributed by atoms with Crippen LogP contribution < -0.4 is 5.32 Å². The Bertz CT molecular complexity index is 979. The molecule has 0 saturated carbocycles. The zero-order chi connectivity index (χ0) is 28.0. The standard InChI is InChI=1S/C25H39N3O8Si/c1-8-34-21(29)13-20(22(30)26-5)25(36-37(6)7)14-18(24(2,3)4)15-27(25)23(31)35-16-17-9-11-19(12-10-17)28(32)33/h9-12,18,20,37H,8,13-16H2,1-7H3,(H,26,30)/t18-,20?,25-/m0/s1. The van der Waals surface area contributed by atoms with E-state index in [9.17, 15) is 24.5 Å². The van der Waals surface area contributed by atoms with E-state index in [0.717, 1.165) is 0 Å². The lowest BCUT2D eigenvalue weighted by molar-refractivity contribution is -0.384. The van der Waals surface area contributed by atoms with E-state index in [-0.39, 0.29) is 43.2 Å². The van der Waals surface area contributed by atoms with E-state index < -0.39 is 43.6 Å². The monoisotopic (exact) mass is 537 g/mol. The van der Waals surface area contributed by atoms with Gasteiger partial charge in [0.15, 0.2) is 9.04 Å². The largest absolute Gasteiger partial charge is 0.466 e. The van der Waals surface area contributed by atoms with Gasteiger partial charge in [0, 0.05) is 32.1 Å². The summed E-state index contributed by atoms with van der Waals surface area (Å²) in [4.78, 5) is 51.2. The quantitative estimate of drug-likeness (QED) is 0.207. The molecule has 0 aromatic heterocycles. The van der Waals surface area contributed by atoms with Gasteiger partial charge in [0.05, 0.1) is 23.9 Å². The van der Waals surface area contributed by atoms with Crippen molar-refractivity contribution in [1.82, 2.24) is 10.2 Å². The van der Waals surface area contributed by atoms with E-state index in [1.165, 1.54) is 36.2 Å². The molecule has 1 fully saturated rings. The molecule has 2 rings (SSSR count). The first-order chi connectivity index (χ1) is 17.2. The minimum absolute atomic E-state index is 0.0403. The van der Waals surface area contributed by atoms with Crippen LogP contribution in [0.2, 0.25) is 13.1 Å². The molecule has 1 saturated heterocycles. The van der Waals surface area contributed by atoms with E-state index in [1.807, 2.05) is 13.1 Å². The average molecular weight is 538 g/mol.